The van der Waals surface area contributed by atoms with Crippen LogP contribution in [0.15, 0.2) is 36.7 Å². The summed E-state index contributed by atoms with van der Waals surface area (Å²) in [4.78, 5) is 27.2. The number of hydrogen-bond acceptors (Lipinski definition) is 8. The van der Waals surface area contributed by atoms with Crippen molar-refractivity contribution in [3.05, 3.63) is 42.4 Å². The van der Waals surface area contributed by atoms with E-state index in [-0.39, 0.29) is 11.9 Å². The van der Waals surface area contributed by atoms with Crippen molar-refractivity contribution in [3.8, 4) is 11.6 Å². The number of anilines is 2. The molecule has 4 rings (SSSR count). The van der Waals surface area contributed by atoms with Crippen molar-refractivity contribution < 1.29 is 14.3 Å². The molecule has 0 atom stereocenters. The van der Waals surface area contributed by atoms with Crippen LogP contribution >= 0.6 is 0 Å². The van der Waals surface area contributed by atoms with Crippen LogP contribution in [0, 0.1) is 12.8 Å². The third-order valence-electron chi connectivity index (χ3n) is 5.27. The molecule has 2 N–H and O–H groups in total. The molecule has 3 heterocycles. The Balaban J connectivity index is 1.55. The second kappa shape index (κ2) is 8.52. The van der Waals surface area contributed by atoms with Crippen molar-refractivity contribution in [3.63, 3.8) is 0 Å². The van der Waals surface area contributed by atoms with Crippen LogP contribution in [0.2, 0.25) is 0 Å². The lowest BCUT2D eigenvalue weighted by Gasteiger charge is -2.32. The van der Waals surface area contributed by atoms with Crippen molar-refractivity contribution in [2.45, 2.75) is 26.7 Å². The molecule has 156 valence electrons. The largest absolute Gasteiger partial charge is 0.466 e. The minimum atomic E-state index is -0.129. The van der Waals surface area contributed by atoms with Crippen molar-refractivity contribution in [2.24, 2.45) is 5.92 Å². The first-order valence-electron chi connectivity index (χ1n) is 10.1. The van der Waals surface area contributed by atoms with Gasteiger partial charge in [0.25, 0.3) is 0 Å². The molecular formula is C22H25N5O3. The summed E-state index contributed by atoms with van der Waals surface area (Å²) < 4.78 is 11.2. The minimum Gasteiger partial charge on any atom is -0.466 e. The first kappa shape index (κ1) is 19.9. The molecule has 0 aliphatic carbocycles. The van der Waals surface area contributed by atoms with Gasteiger partial charge in [-0.25, -0.2) is 9.97 Å². The zero-order chi connectivity index (χ0) is 21.1. The Hall–Kier alpha value is -3.42. The molecule has 2 aromatic heterocycles. The summed E-state index contributed by atoms with van der Waals surface area (Å²) in [5.41, 5.74) is 8.41. The van der Waals surface area contributed by atoms with E-state index in [0.29, 0.717) is 55.7 Å². The zero-order valence-electron chi connectivity index (χ0n) is 17.2. The molecule has 0 bridgehead atoms. The molecule has 0 unspecified atom stereocenters. The SMILES string of the molecule is CCOC(=O)C1CCN(c2ncnc(Oc3cccc4ccc(C)nc34)c2N)CC1. The predicted octanol–water partition coefficient (Wildman–Crippen LogP) is 3.49. The number of piperidine rings is 1. The topological polar surface area (TPSA) is 103 Å². The van der Waals surface area contributed by atoms with Gasteiger partial charge in [-0.1, -0.05) is 18.2 Å². The quantitative estimate of drug-likeness (QED) is 0.641. The molecule has 8 heteroatoms. The van der Waals surface area contributed by atoms with Crippen LogP contribution in [0.25, 0.3) is 10.9 Å². The molecule has 0 amide bonds. The standard InChI is InChI=1S/C22H25N5O3/c1-3-29-22(28)16-9-11-27(12-10-16)20-18(23)21(25-13-24-20)30-17-6-4-5-15-8-7-14(2)26-19(15)17/h4-8,13,16H,3,9-12,23H2,1-2H3. The average Bonchev–Trinajstić information content (AvgIpc) is 2.76. The normalized spacial score (nSPS) is 14.7. The smallest absolute Gasteiger partial charge is 0.309 e. The van der Waals surface area contributed by atoms with Crippen LogP contribution in [-0.4, -0.2) is 40.6 Å². The van der Waals surface area contributed by atoms with E-state index in [1.807, 2.05) is 44.2 Å². The fraction of sp³-hybridized carbons (Fsp3) is 0.364. The van der Waals surface area contributed by atoms with Crippen LogP contribution in [0.1, 0.15) is 25.5 Å². The summed E-state index contributed by atoms with van der Waals surface area (Å²) >= 11 is 0. The number of pyridine rings is 1. The van der Waals surface area contributed by atoms with E-state index < -0.39 is 0 Å². The van der Waals surface area contributed by atoms with Crippen LogP contribution in [-0.2, 0) is 9.53 Å². The number of carbonyl (C=O) groups is 1. The third kappa shape index (κ3) is 3.98. The number of aryl methyl sites for hydroxylation is 1. The van der Waals surface area contributed by atoms with Crippen molar-refractivity contribution in [1.29, 1.82) is 0 Å². The summed E-state index contributed by atoms with van der Waals surface area (Å²) in [6.07, 6.45) is 2.85. The number of nitrogen functional groups attached to an aromatic ring is 1. The Labute approximate surface area is 175 Å². The fourth-order valence-corrected chi connectivity index (χ4v) is 3.70. The second-order valence-electron chi connectivity index (χ2n) is 7.31. The summed E-state index contributed by atoms with van der Waals surface area (Å²) in [7, 11) is 0. The van der Waals surface area contributed by atoms with Gasteiger partial charge in [0.2, 0.25) is 5.88 Å². The maximum atomic E-state index is 12.0. The van der Waals surface area contributed by atoms with Gasteiger partial charge in [0, 0.05) is 24.2 Å². The molecule has 0 spiro atoms. The Bertz CT molecular complexity index is 1060. The van der Waals surface area contributed by atoms with Crippen LogP contribution in [0.4, 0.5) is 11.5 Å². The lowest BCUT2D eigenvalue weighted by Crippen LogP contribution is -2.37. The molecule has 1 saturated heterocycles. The predicted molar refractivity (Wildman–Crippen MR) is 115 cm³/mol. The highest BCUT2D eigenvalue weighted by atomic mass is 16.5. The number of carbonyl (C=O) groups excluding carboxylic acids is 1. The minimum absolute atomic E-state index is 0.0787. The molecule has 1 aromatic carbocycles. The number of para-hydroxylation sites is 1. The molecule has 0 saturated carbocycles. The highest BCUT2D eigenvalue weighted by molar-refractivity contribution is 5.85. The summed E-state index contributed by atoms with van der Waals surface area (Å²) in [5, 5.41) is 0.979. The van der Waals surface area contributed by atoms with E-state index in [0.717, 1.165) is 16.6 Å². The molecule has 3 aromatic rings. The van der Waals surface area contributed by atoms with Crippen molar-refractivity contribution in [2.75, 3.05) is 30.3 Å². The molecule has 30 heavy (non-hydrogen) atoms. The number of esters is 1. The third-order valence-corrected chi connectivity index (χ3v) is 5.27. The number of nitrogens with zero attached hydrogens (tertiary/aromatic N) is 4. The van der Waals surface area contributed by atoms with Gasteiger partial charge >= 0.3 is 5.97 Å². The van der Waals surface area contributed by atoms with Gasteiger partial charge in [-0.2, -0.15) is 4.98 Å². The number of nitrogens with two attached hydrogens (primary N) is 1. The maximum absolute atomic E-state index is 12.0. The highest BCUT2D eigenvalue weighted by Crippen LogP contribution is 2.35. The first-order chi connectivity index (χ1) is 14.6. The van der Waals surface area contributed by atoms with Gasteiger partial charge in [-0.15, -0.1) is 0 Å². The average molecular weight is 407 g/mol. The van der Waals surface area contributed by atoms with Crippen molar-refractivity contribution in [1.82, 2.24) is 15.0 Å². The lowest BCUT2D eigenvalue weighted by atomic mass is 9.97. The molecule has 8 nitrogen and oxygen atoms in total. The Kier molecular flexibility index (Phi) is 5.65. The number of rotatable bonds is 5. The molecular weight excluding hydrogens is 382 g/mol. The van der Waals surface area contributed by atoms with Gasteiger partial charge in [0.15, 0.2) is 11.6 Å². The number of ether oxygens (including phenoxy) is 2. The van der Waals surface area contributed by atoms with Crippen LogP contribution in [0.5, 0.6) is 11.6 Å². The Morgan fingerprint density at radius 2 is 2.00 bits per heavy atom. The monoisotopic (exact) mass is 407 g/mol. The van der Waals surface area contributed by atoms with E-state index in [1.54, 1.807) is 0 Å². The number of fused-ring (bicyclic) bond motifs is 1. The van der Waals surface area contributed by atoms with Gasteiger partial charge in [-0.05, 0) is 38.8 Å². The van der Waals surface area contributed by atoms with E-state index in [9.17, 15) is 4.79 Å². The van der Waals surface area contributed by atoms with E-state index in [1.165, 1.54) is 6.33 Å². The molecule has 1 aliphatic heterocycles. The van der Waals surface area contributed by atoms with Crippen molar-refractivity contribution >= 4 is 28.4 Å². The summed E-state index contributed by atoms with van der Waals surface area (Å²) in [6.45, 7) is 5.50. The summed E-state index contributed by atoms with van der Waals surface area (Å²) in [6, 6.07) is 9.71. The zero-order valence-corrected chi connectivity index (χ0v) is 17.2. The molecule has 1 fully saturated rings. The molecule has 1 aliphatic rings. The Morgan fingerprint density at radius 3 is 2.77 bits per heavy atom. The van der Waals surface area contributed by atoms with Gasteiger partial charge in [0.05, 0.1) is 12.5 Å². The van der Waals surface area contributed by atoms with E-state index >= 15 is 0 Å². The van der Waals surface area contributed by atoms with Crippen LogP contribution in [0.3, 0.4) is 0 Å². The lowest BCUT2D eigenvalue weighted by molar-refractivity contribution is -0.148. The van der Waals surface area contributed by atoms with Crippen LogP contribution < -0.4 is 15.4 Å². The fourth-order valence-electron chi connectivity index (χ4n) is 3.70. The number of aromatic nitrogens is 3. The first-order valence-corrected chi connectivity index (χ1v) is 10.1. The van der Waals surface area contributed by atoms with Gasteiger partial charge in [0.1, 0.15) is 17.5 Å². The van der Waals surface area contributed by atoms with E-state index in [2.05, 4.69) is 19.9 Å². The highest BCUT2D eigenvalue weighted by Gasteiger charge is 2.28. The number of hydrogen-bond donors (Lipinski definition) is 1. The number of benzene rings is 1. The second-order valence-corrected chi connectivity index (χ2v) is 7.31. The maximum Gasteiger partial charge on any atom is 0.309 e. The molecule has 0 radical (unpaired) electrons. The van der Waals surface area contributed by atoms with Gasteiger partial charge in [-0.3, -0.25) is 4.79 Å². The van der Waals surface area contributed by atoms with E-state index in [4.69, 9.17) is 15.2 Å². The van der Waals surface area contributed by atoms with Gasteiger partial charge < -0.3 is 20.1 Å². The Morgan fingerprint density at radius 1 is 1.20 bits per heavy atom. The summed E-state index contributed by atoms with van der Waals surface area (Å²) in [5.74, 6) is 1.30.